The summed E-state index contributed by atoms with van der Waals surface area (Å²) in [5, 5.41) is 5.30. The van der Waals surface area contributed by atoms with Crippen molar-refractivity contribution in [2.45, 2.75) is 11.4 Å². The van der Waals surface area contributed by atoms with Gasteiger partial charge in [-0.1, -0.05) is 48.0 Å². The van der Waals surface area contributed by atoms with Gasteiger partial charge in [-0.3, -0.25) is 13.9 Å². The Hall–Kier alpha value is -3.62. The molecule has 0 saturated carbocycles. The number of hydrogen-bond acceptors (Lipinski definition) is 4. The molecule has 0 atom stereocenters. The normalized spacial score (nSPS) is 10.9. The molecule has 0 bridgehead atoms. The zero-order valence-corrected chi connectivity index (χ0v) is 20.1. The number of nitrogens with zero attached hydrogens (tertiary/aromatic N) is 1. The third-order valence-corrected chi connectivity index (χ3v) is 7.27. The predicted molar refractivity (Wildman–Crippen MR) is 134 cm³/mol. The first kappa shape index (κ1) is 25.0. The Kier molecular flexibility index (Phi) is 8.09. The number of carbonyl (C=O) groups excluding carboxylic acids is 2. The average molecular weight is 498 g/mol. The molecule has 3 aromatic carbocycles. The Morgan fingerprint density at radius 3 is 2.24 bits per heavy atom. The van der Waals surface area contributed by atoms with E-state index in [0.717, 1.165) is 5.56 Å². The van der Waals surface area contributed by atoms with E-state index in [0.29, 0.717) is 11.3 Å². The lowest BCUT2D eigenvalue weighted by molar-refractivity contribution is 0.0946. The van der Waals surface area contributed by atoms with E-state index in [1.54, 1.807) is 61.6 Å². The fourth-order valence-electron chi connectivity index (χ4n) is 3.22. The number of hydrogen-bond donors (Lipinski definition) is 2. The largest absolute Gasteiger partial charge is 0.355 e. The van der Waals surface area contributed by atoms with Crippen LogP contribution in [0.1, 0.15) is 26.3 Å². The molecule has 0 aliphatic carbocycles. The van der Waals surface area contributed by atoms with E-state index < -0.39 is 15.9 Å². The maximum atomic E-state index is 13.4. The molecule has 3 rings (SSSR count). The first-order chi connectivity index (χ1) is 16.3. The quantitative estimate of drug-likeness (QED) is 0.436. The number of rotatable bonds is 9. The Morgan fingerprint density at radius 1 is 0.971 bits per heavy atom. The van der Waals surface area contributed by atoms with Crippen LogP contribution in [0.4, 0.5) is 5.69 Å². The smallest absolute Gasteiger partial charge is 0.266 e. The number of halogens is 1. The Morgan fingerprint density at radius 2 is 1.62 bits per heavy atom. The van der Waals surface area contributed by atoms with E-state index >= 15 is 0 Å². The van der Waals surface area contributed by atoms with Crippen LogP contribution < -0.4 is 14.9 Å². The molecule has 0 saturated heterocycles. The van der Waals surface area contributed by atoms with Gasteiger partial charge in [0.1, 0.15) is 4.90 Å². The minimum Gasteiger partial charge on any atom is -0.355 e. The van der Waals surface area contributed by atoms with Crippen LogP contribution in [-0.4, -0.2) is 33.8 Å². The molecule has 3 aromatic rings. The fourth-order valence-corrected chi connectivity index (χ4v) is 5.16. The molecule has 7 nitrogen and oxygen atoms in total. The van der Waals surface area contributed by atoms with Gasteiger partial charge in [0.05, 0.1) is 17.3 Å². The molecule has 0 aliphatic heterocycles. The molecular weight excluding hydrogens is 474 g/mol. The topological polar surface area (TPSA) is 95.6 Å². The third kappa shape index (κ3) is 5.65. The van der Waals surface area contributed by atoms with Crippen LogP contribution in [0.2, 0.25) is 5.02 Å². The molecule has 0 heterocycles. The van der Waals surface area contributed by atoms with Gasteiger partial charge in [-0.2, -0.15) is 0 Å². The lowest BCUT2D eigenvalue weighted by Gasteiger charge is -2.24. The molecule has 2 amide bonds. The van der Waals surface area contributed by atoms with E-state index in [9.17, 15) is 18.0 Å². The summed E-state index contributed by atoms with van der Waals surface area (Å²) < 4.78 is 28.1. The molecule has 34 heavy (non-hydrogen) atoms. The summed E-state index contributed by atoms with van der Waals surface area (Å²) in [6.07, 6.45) is 1.48. The maximum absolute atomic E-state index is 13.4. The van der Waals surface area contributed by atoms with Crippen LogP contribution in [0.5, 0.6) is 0 Å². The Labute approximate surface area is 204 Å². The average Bonchev–Trinajstić information content (AvgIpc) is 2.86. The summed E-state index contributed by atoms with van der Waals surface area (Å²) in [6, 6.07) is 19.5. The van der Waals surface area contributed by atoms with Gasteiger partial charge >= 0.3 is 0 Å². The van der Waals surface area contributed by atoms with Gasteiger partial charge in [0.25, 0.3) is 21.8 Å². The van der Waals surface area contributed by atoms with Gasteiger partial charge in [-0.15, -0.1) is 6.58 Å². The summed E-state index contributed by atoms with van der Waals surface area (Å²) in [7, 11) is -2.52. The van der Waals surface area contributed by atoms with Crippen LogP contribution in [0, 0.1) is 0 Å². The van der Waals surface area contributed by atoms with Crippen molar-refractivity contribution in [2.24, 2.45) is 0 Å². The van der Waals surface area contributed by atoms with E-state index in [2.05, 4.69) is 17.2 Å². The van der Waals surface area contributed by atoms with Gasteiger partial charge < -0.3 is 10.6 Å². The molecule has 176 valence electrons. The molecule has 0 aliphatic rings. The fraction of sp³-hybridized carbons (Fsp3) is 0.120. The Balaban J connectivity index is 1.82. The molecule has 2 N–H and O–H groups in total. The van der Waals surface area contributed by atoms with Gasteiger partial charge in [0.15, 0.2) is 0 Å². The maximum Gasteiger partial charge on any atom is 0.266 e. The van der Waals surface area contributed by atoms with Crippen molar-refractivity contribution in [3.63, 3.8) is 0 Å². The number of benzene rings is 3. The second-order valence-corrected chi connectivity index (χ2v) is 9.50. The van der Waals surface area contributed by atoms with Gasteiger partial charge in [-0.05, 0) is 48.0 Å². The molecule has 0 aromatic heterocycles. The van der Waals surface area contributed by atoms with E-state index in [4.69, 9.17) is 11.6 Å². The highest BCUT2D eigenvalue weighted by Gasteiger charge is 2.27. The van der Waals surface area contributed by atoms with Gasteiger partial charge in [0, 0.05) is 24.7 Å². The van der Waals surface area contributed by atoms with Crippen molar-refractivity contribution in [2.75, 3.05) is 17.9 Å². The van der Waals surface area contributed by atoms with Crippen molar-refractivity contribution in [3.05, 3.63) is 107 Å². The van der Waals surface area contributed by atoms with E-state index in [1.807, 2.05) is 0 Å². The van der Waals surface area contributed by atoms with Crippen molar-refractivity contribution in [1.29, 1.82) is 0 Å². The van der Waals surface area contributed by atoms with Gasteiger partial charge in [0.2, 0.25) is 0 Å². The van der Waals surface area contributed by atoms with Crippen LogP contribution in [0.25, 0.3) is 0 Å². The Bertz CT molecular complexity index is 1290. The molecule has 0 spiro atoms. The van der Waals surface area contributed by atoms with Crippen molar-refractivity contribution in [1.82, 2.24) is 10.6 Å². The number of carbonyl (C=O) groups is 2. The monoisotopic (exact) mass is 497 g/mol. The van der Waals surface area contributed by atoms with Crippen LogP contribution in [-0.2, 0) is 16.6 Å². The van der Waals surface area contributed by atoms with Crippen LogP contribution >= 0.6 is 11.6 Å². The third-order valence-electron chi connectivity index (χ3n) is 5.00. The lowest BCUT2D eigenvalue weighted by atomic mass is 10.1. The van der Waals surface area contributed by atoms with Crippen molar-refractivity contribution in [3.8, 4) is 0 Å². The number of anilines is 1. The number of sulfonamides is 1. The first-order valence-corrected chi connectivity index (χ1v) is 12.2. The summed E-state index contributed by atoms with van der Waals surface area (Å²) in [4.78, 5) is 24.2. The van der Waals surface area contributed by atoms with E-state index in [1.165, 1.54) is 28.6 Å². The predicted octanol–water partition coefficient (Wildman–Crippen LogP) is 4.01. The standard InChI is InChI=1S/C25H24ClN3O4S/c1-3-15-29(21-7-5-4-6-8-21)34(32,33)23-16-20(13-14-22(23)26)25(31)28-17-18-9-11-19(12-10-18)24(30)27-2/h3-14,16H,1,15,17H2,2H3,(H,27,30)(H,28,31). The lowest BCUT2D eigenvalue weighted by Crippen LogP contribution is -2.31. The zero-order chi connectivity index (χ0) is 24.7. The molecular formula is C25H24ClN3O4S. The summed E-state index contributed by atoms with van der Waals surface area (Å²) in [5.41, 5.74) is 1.89. The first-order valence-electron chi connectivity index (χ1n) is 10.4. The minimum absolute atomic E-state index is 0.00586. The van der Waals surface area contributed by atoms with Crippen molar-refractivity contribution < 1.29 is 18.0 Å². The highest BCUT2D eigenvalue weighted by atomic mass is 35.5. The zero-order valence-electron chi connectivity index (χ0n) is 18.5. The highest BCUT2D eigenvalue weighted by Crippen LogP contribution is 2.29. The highest BCUT2D eigenvalue weighted by molar-refractivity contribution is 7.93. The molecule has 9 heteroatoms. The number of para-hydroxylation sites is 1. The SMILES string of the molecule is C=CCN(c1ccccc1)S(=O)(=O)c1cc(C(=O)NCc2ccc(C(=O)NC)cc2)ccc1Cl. The summed E-state index contributed by atoms with van der Waals surface area (Å²) >= 11 is 6.25. The molecule has 0 radical (unpaired) electrons. The second kappa shape index (κ2) is 11.0. The number of amides is 2. The van der Waals surface area contributed by atoms with E-state index in [-0.39, 0.29) is 34.5 Å². The van der Waals surface area contributed by atoms with Crippen LogP contribution in [0.3, 0.4) is 0 Å². The van der Waals surface area contributed by atoms with Gasteiger partial charge in [-0.25, -0.2) is 8.42 Å². The van der Waals surface area contributed by atoms with Crippen LogP contribution in [0.15, 0.2) is 90.3 Å². The minimum atomic E-state index is -4.07. The number of nitrogens with one attached hydrogen (secondary N) is 2. The molecule has 0 unspecified atom stereocenters. The second-order valence-electron chi connectivity index (χ2n) is 7.26. The van der Waals surface area contributed by atoms with Crippen molar-refractivity contribution >= 4 is 39.1 Å². The molecule has 0 fully saturated rings. The summed E-state index contributed by atoms with van der Waals surface area (Å²) in [6.45, 7) is 3.88. The summed E-state index contributed by atoms with van der Waals surface area (Å²) in [5.74, 6) is -0.662.